The Morgan fingerprint density at radius 3 is 2.53 bits per heavy atom. The SMILES string of the molecule is COCC(=O)[C@@]1(C#CC(F)(F)F)CC[C@H]2[C@@H]3CC(F)C4=CC(N=O)CCC4=C3C(c3ccc(N4CCCC4)cc3)C[C@@]21C. The fourth-order valence-corrected chi connectivity index (χ4v) is 9.22. The first-order chi connectivity index (χ1) is 20.5. The normalized spacial score (nSPS) is 35.3. The summed E-state index contributed by atoms with van der Waals surface area (Å²) in [5.41, 5.74) is 2.24. The summed E-state index contributed by atoms with van der Waals surface area (Å²) in [5, 5.41) is 3.19. The van der Waals surface area contributed by atoms with Gasteiger partial charge in [0.2, 0.25) is 0 Å². The van der Waals surface area contributed by atoms with Gasteiger partial charge in [-0.15, -0.1) is 0 Å². The smallest absolute Gasteiger partial charge is 0.377 e. The van der Waals surface area contributed by atoms with Gasteiger partial charge in [-0.1, -0.05) is 41.8 Å². The minimum Gasteiger partial charge on any atom is -0.377 e. The molecule has 1 aliphatic heterocycles. The molecule has 6 rings (SSSR count). The molecule has 43 heavy (non-hydrogen) atoms. The van der Waals surface area contributed by atoms with Crippen LogP contribution in [0.4, 0.5) is 23.2 Å². The number of ketones is 1. The molecule has 3 fully saturated rings. The summed E-state index contributed by atoms with van der Waals surface area (Å²) in [6.07, 6.45) is 0.184. The summed E-state index contributed by atoms with van der Waals surface area (Å²) in [7, 11) is 1.36. The molecular weight excluding hydrogens is 560 g/mol. The van der Waals surface area contributed by atoms with Crippen LogP contribution >= 0.6 is 0 Å². The monoisotopic (exact) mass is 598 g/mol. The zero-order valence-electron chi connectivity index (χ0n) is 24.7. The number of benzene rings is 1. The number of carbonyl (C=O) groups is 1. The summed E-state index contributed by atoms with van der Waals surface area (Å²) in [4.78, 5) is 27.5. The molecule has 5 aliphatic rings. The van der Waals surface area contributed by atoms with Crippen molar-refractivity contribution in [3.8, 4) is 11.8 Å². The number of nitrogens with zero attached hydrogens (tertiary/aromatic N) is 2. The molecule has 0 aromatic heterocycles. The number of rotatable bonds is 6. The van der Waals surface area contributed by atoms with E-state index in [1.807, 2.05) is 6.92 Å². The number of methoxy groups -OCH3 is 1. The second kappa shape index (κ2) is 11.2. The van der Waals surface area contributed by atoms with Crippen molar-refractivity contribution in [3.63, 3.8) is 0 Å². The fraction of sp³-hybridized carbons (Fsp3) is 0.618. The fourth-order valence-electron chi connectivity index (χ4n) is 9.22. The third kappa shape index (κ3) is 5.04. The third-order valence-electron chi connectivity index (χ3n) is 11.1. The lowest BCUT2D eigenvalue weighted by atomic mass is 9.48. The molecule has 1 saturated heterocycles. The molecule has 0 bridgehead atoms. The van der Waals surface area contributed by atoms with Crippen LogP contribution in [-0.4, -0.2) is 51.0 Å². The van der Waals surface area contributed by atoms with Crippen molar-refractivity contribution in [2.75, 3.05) is 31.7 Å². The van der Waals surface area contributed by atoms with E-state index in [1.54, 1.807) is 6.08 Å². The molecule has 0 amide bonds. The van der Waals surface area contributed by atoms with E-state index in [0.29, 0.717) is 31.3 Å². The maximum absolute atomic E-state index is 16.0. The van der Waals surface area contributed by atoms with Crippen LogP contribution in [0.3, 0.4) is 0 Å². The largest absolute Gasteiger partial charge is 0.457 e. The number of hydrogen-bond donors (Lipinski definition) is 0. The first-order valence-corrected chi connectivity index (χ1v) is 15.4. The van der Waals surface area contributed by atoms with Crippen LogP contribution in [0, 0.1) is 39.4 Å². The Kier molecular flexibility index (Phi) is 7.81. The summed E-state index contributed by atoms with van der Waals surface area (Å²) in [5.74, 6) is 2.79. The average Bonchev–Trinajstić information content (AvgIpc) is 3.62. The van der Waals surface area contributed by atoms with E-state index < -0.39 is 35.0 Å². The zero-order valence-corrected chi connectivity index (χ0v) is 24.7. The van der Waals surface area contributed by atoms with Crippen molar-refractivity contribution in [2.45, 2.75) is 82.6 Å². The van der Waals surface area contributed by atoms with Crippen LogP contribution in [-0.2, 0) is 9.53 Å². The van der Waals surface area contributed by atoms with E-state index in [-0.39, 0.29) is 37.2 Å². The molecular formula is C34H38F4N2O3. The molecule has 0 N–H and O–H groups in total. The van der Waals surface area contributed by atoms with Crippen molar-refractivity contribution < 1.29 is 27.1 Å². The molecule has 0 spiro atoms. The third-order valence-corrected chi connectivity index (χ3v) is 11.1. The number of allylic oxidation sites excluding steroid dienone is 3. The number of ether oxygens (including phenoxy) is 1. The van der Waals surface area contributed by atoms with Crippen LogP contribution in [0.5, 0.6) is 0 Å². The average molecular weight is 599 g/mol. The number of carbonyl (C=O) groups excluding carboxylic acids is 1. The molecule has 1 aromatic rings. The van der Waals surface area contributed by atoms with Gasteiger partial charge in [0.15, 0.2) is 5.78 Å². The van der Waals surface area contributed by atoms with Gasteiger partial charge in [-0.2, -0.15) is 18.1 Å². The number of halogens is 4. The summed E-state index contributed by atoms with van der Waals surface area (Å²) >= 11 is 0. The van der Waals surface area contributed by atoms with Crippen LogP contribution in [0.2, 0.25) is 0 Å². The van der Waals surface area contributed by atoms with Gasteiger partial charge in [0.05, 0.1) is 5.41 Å². The number of anilines is 1. The van der Waals surface area contributed by atoms with Crippen molar-refractivity contribution in [2.24, 2.45) is 27.8 Å². The highest BCUT2D eigenvalue weighted by molar-refractivity contribution is 5.90. The summed E-state index contributed by atoms with van der Waals surface area (Å²) < 4.78 is 61.8. The second-order valence-corrected chi connectivity index (χ2v) is 13.2. The Bertz CT molecular complexity index is 1400. The van der Waals surface area contributed by atoms with Gasteiger partial charge < -0.3 is 9.64 Å². The number of nitroso groups, excluding NO2 is 1. The van der Waals surface area contributed by atoms with E-state index in [2.05, 4.69) is 40.3 Å². The minimum atomic E-state index is -4.75. The Labute approximate surface area is 250 Å². The lowest BCUT2D eigenvalue weighted by Gasteiger charge is -2.55. The van der Waals surface area contributed by atoms with Gasteiger partial charge in [0.25, 0.3) is 0 Å². The van der Waals surface area contributed by atoms with Gasteiger partial charge in [-0.05, 0) is 97.5 Å². The van der Waals surface area contributed by atoms with Gasteiger partial charge >= 0.3 is 6.18 Å². The van der Waals surface area contributed by atoms with Crippen LogP contribution in [0.15, 0.2) is 52.2 Å². The Morgan fingerprint density at radius 1 is 1.16 bits per heavy atom. The van der Waals surface area contributed by atoms with Gasteiger partial charge in [-0.3, -0.25) is 4.79 Å². The molecule has 2 saturated carbocycles. The summed E-state index contributed by atoms with van der Waals surface area (Å²) in [6, 6.07) is 7.81. The van der Waals surface area contributed by atoms with Crippen LogP contribution in [0.25, 0.3) is 0 Å². The molecule has 3 unspecified atom stereocenters. The van der Waals surface area contributed by atoms with Crippen molar-refractivity contribution >= 4 is 11.5 Å². The highest BCUT2D eigenvalue weighted by Gasteiger charge is 2.66. The minimum absolute atomic E-state index is 0.167. The van der Waals surface area contributed by atoms with Crippen molar-refractivity contribution in [3.05, 3.63) is 57.5 Å². The van der Waals surface area contributed by atoms with Gasteiger partial charge in [0, 0.05) is 37.7 Å². The molecule has 0 radical (unpaired) electrons. The Morgan fingerprint density at radius 2 is 1.88 bits per heavy atom. The van der Waals surface area contributed by atoms with Crippen LogP contribution in [0.1, 0.15) is 69.8 Å². The number of hydrogen-bond acceptors (Lipinski definition) is 5. The molecule has 9 heteroatoms. The quantitative estimate of drug-likeness (QED) is 0.194. The Hall–Kier alpha value is -2.99. The number of alkyl halides is 4. The van der Waals surface area contributed by atoms with E-state index in [9.17, 15) is 22.9 Å². The van der Waals surface area contributed by atoms with Crippen molar-refractivity contribution in [1.82, 2.24) is 0 Å². The van der Waals surface area contributed by atoms with E-state index in [1.165, 1.54) is 13.0 Å². The molecule has 1 aromatic carbocycles. The first kappa shape index (κ1) is 30.1. The standard InChI is InChI=1S/C34H38F4N2O3/c1-32-19-27(21-5-8-23(9-6-21)40-15-3-4-16-40)31-24-10-7-22(39-42)17-25(24)29(35)18-26(31)28(32)11-12-33(32,30(41)20-43-2)13-14-34(36,37)38/h5-6,8-9,17,22,26-29H,3-4,7,10-12,15-16,18-20H2,1-2H3/t22?,26-,27?,28-,29?,32-,33-/m0/s1. The molecule has 1 heterocycles. The highest BCUT2D eigenvalue weighted by atomic mass is 19.4. The zero-order chi connectivity index (χ0) is 30.6. The van der Waals surface area contributed by atoms with E-state index in [0.717, 1.165) is 48.3 Å². The second-order valence-electron chi connectivity index (χ2n) is 13.2. The lowest BCUT2D eigenvalue weighted by Crippen LogP contribution is -2.52. The highest BCUT2D eigenvalue weighted by Crippen LogP contribution is 2.70. The molecule has 230 valence electrons. The van der Waals surface area contributed by atoms with Crippen LogP contribution < -0.4 is 4.90 Å². The van der Waals surface area contributed by atoms with Gasteiger partial charge in [0.1, 0.15) is 18.8 Å². The maximum atomic E-state index is 16.0. The van der Waals surface area contributed by atoms with E-state index >= 15 is 4.39 Å². The Balaban J connectivity index is 1.51. The number of fused-ring (bicyclic) bond motifs is 4. The molecule has 4 aliphatic carbocycles. The predicted molar refractivity (Wildman–Crippen MR) is 156 cm³/mol. The molecule has 5 nitrogen and oxygen atoms in total. The van der Waals surface area contributed by atoms with Crippen molar-refractivity contribution in [1.29, 1.82) is 0 Å². The summed E-state index contributed by atoms with van der Waals surface area (Å²) in [6.45, 7) is 3.57. The topological polar surface area (TPSA) is 59.0 Å². The predicted octanol–water partition coefficient (Wildman–Crippen LogP) is 7.47. The number of Topliss-reactive ketones (excluding diaryl/α,β-unsaturated/α-hetero) is 1. The van der Waals surface area contributed by atoms with Gasteiger partial charge in [-0.25, -0.2) is 4.39 Å². The first-order valence-electron chi connectivity index (χ1n) is 15.4. The van der Waals surface area contributed by atoms with E-state index in [4.69, 9.17) is 4.74 Å². The maximum Gasteiger partial charge on any atom is 0.457 e. The molecule has 7 atom stereocenters. The lowest BCUT2D eigenvalue weighted by molar-refractivity contribution is -0.136.